The summed E-state index contributed by atoms with van der Waals surface area (Å²) < 4.78 is 0.869. The van der Waals surface area contributed by atoms with E-state index in [-0.39, 0.29) is 0 Å². The van der Waals surface area contributed by atoms with Crippen molar-refractivity contribution in [1.82, 2.24) is 10.3 Å². The van der Waals surface area contributed by atoms with Crippen molar-refractivity contribution in [2.75, 3.05) is 13.1 Å². The Morgan fingerprint density at radius 3 is 2.83 bits per heavy atom. The van der Waals surface area contributed by atoms with Crippen molar-refractivity contribution in [1.29, 1.82) is 0 Å². The minimum atomic E-state index is -0.693. The van der Waals surface area contributed by atoms with Crippen LogP contribution < -0.4 is 5.32 Å². The number of nitrogens with zero attached hydrogens (tertiary/aromatic N) is 1. The Hall–Kier alpha value is -0.450. The normalized spacial score (nSPS) is 20.2. The molecule has 3 nitrogen and oxygen atoms in total. The molecule has 12 heavy (non-hydrogen) atoms. The fourth-order valence-corrected chi connectivity index (χ4v) is 1.92. The Morgan fingerprint density at radius 1 is 1.58 bits per heavy atom. The molecule has 0 saturated carbocycles. The summed E-state index contributed by atoms with van der Waals surface area (Å²) in [5.41, 5.74) is 0.221. The largest absolute Gasteiger partial charge is 0.382 e. The molecule has 2 rings (SSSR count). The van der Waals surface area contributed by atoms with Crippen LogP contribution in [0.3, 0.4) is 0 Å². The van der Waals surface area contributed by atoms with E-state index in [4.69, 9.17) is 0 Å². The summed E-state index contributed by atoms with van der Waals surface area (Å²) in [7, 11) is 0. The van der Waals surface area contributed by atoms with Gasteiger partial charge in [-0.3, -0.25) is 4.98 Å². The SMILES string of the molecule is OC1(c2ccncc2Br)CNC1. The first kappa shape index (κ1) is 8.16. The molecule has 1 aromatic rings. The van der Waals surface area contributed by atoms with Gasteiger partial charge in [0.25, 0.3) is 0 Å². The van der Waals surface area contributed by atoms with E-state index in [1.165, 1.54) is 0 Å². The van der Waals surface area contributed by atoms with Crippen molar-refractivity contribution in [3.05, 3.63) is 28.5 Å². The number of aliphatic hydroxyl groups is 1. The predicted molar refractivity (Wildman–Crippen MR) is 48.7 cm³/mol. The number of pyridine rings is 1. The minimum Gasteiger partial charge on any atom is -0.382 e. The van der Waals surface area contributed by atoms with Gasteiger partial charge in [0.05, 0.1) is 0 Å². The van der Waals surface area contributed by atoms with Crippen LogP contribution in [-0.2, 0) is 5.60 Å². The van der Waals surface area contributed by atoms with Gasteiger partial charge in [-0.05, 0) is 22.0 Å². The standard InChI is InChI=1S/C8H9BrN2O/c9-7-3-10-2-1-6(7)8(12)4-11-5-8/h1-3,11-12H,4-5H2. The highest BCUT2D eigenvalue weighted by Crippen LogP contribution is 2.30. The third-order valence-corrected chi connectivity index (χ3v) is 2.74. The topological polar surface area (TPSA) is 45.2 Å². The molecule has 0 spiro atoms. The van der Waals surface area contributed by atoms with Gasteiger partial charge in [-0.25, -0.2) is 0 Å². The van der Waals surface area contributed by atoms with Crippen molar-refractivity contribution in [3.8, 4) is 0 Å². The van der Waals surface area contributed by atoms with Gasteiger partial charge >= 0.3 is 0 Å². The summed E-state index contributed by atoms with van der Waals surface area (Å²) in [5.74, 6) is 0. The smallest absolute Gasteiger partial charge is 0.116 e. The number of rotatable bonds is 1. The van der Waals surface area contributed by atoms with Gasteiger partial charge in [0.2, 0.25) is 0 Å². The van der Waals surface area contributed by atoms with Crippen LogP contribution in [0.4, 0.5) is 0 Å². The van der Waals surface area contributed by atoms with Gasteiger partial charge in [0, 0.05) is 35.5 Å². The first-order valence-electron chi connectivity index (χ1n) is 3.75. The highest BCUT2D eigenvalue weighted by Gasteiger charge is 2.37. The van der Waals surface area contributed by atoms with Crippen LogP contribution in [0.2, 0.25) is 0 Å². The molecule has 0 bridgehead atoms. The van der Waals surface area contributed by atoms with E-state index in [0.29, 0.717) is 13.1 Å². The lowest BCUT2D eigenvalue weighted by molar-refractivity contribution is -0.0153. The molecule has 64 valence electrons. The molecule has 1 aliphatic heterocycles. The molecule has 0 aromatic carbocycles. The molecule has 2 N–H and O–H groups in total. The molecular weight excluding hydrogens is 220 g/mol. The Kier molecular flexibility index (Phi) is 1.90. The maximum absolute atomic E-state index is 9.94. The summed E-state index contributed by atoms with van der Waals surface area (Å²) in [4.78, 5) is 3.94. The van der Waals surface area contributed by atoms with Gasteiger partial charge in [-0.2, -0.15) is 0 Å². The second kappa shape index (κ2) is 2.80. The number of β-amino-alcohol motifs (C(OH)–C–C–N with tert-alkyl or cyclic N) is 1. The second-order valence-corrected chi connectivity index (χ2v) is 3.84. The summed E-state index contributed by atoms with van der Waals surface area (Å²) in [6, 6.07) is 1.84. The maximum atomic E-state index is 9.94. The number of hydrogen-bond acceptors (Lipinski definition) is 3. The molecule has 1 saturated heterocycles. The van der Waals surface area contributed by atoms with Crippen LogP contribution in [0.5, 0.6) is 0 Å². The third kappa shape index (κ3) is 1.16. The molecule has 0 atom stereocenters. The predicted octanol–water partition coefficient (Wildman–Crippen LogP) is 0.635. The van der Waals surface area contributed by atoms with Gasteiger partial charge in [0.1, 0.15) is 5.60 Å². The Bertz CT molecular complexity index is 299. The Morgan fingerprint density at radius 2 is 2.33 bits per heavy atom. The van der Waals surface area contributed by atoms with Crippen LogP contribution in [0, 0.1) is 0 Å². The fourth-order valence-electron chi connectivity index (χ4n) is 1.30. The van der Waals surface area contributed by atoms with Crippen molar-refractivity contribution >= 4 is 15.9 Å². The van der Waals surface area contributed by atoms with E-state index in [0.717, 1.165) is 10.0 Å². The number of halogens is 1. The summed E-state index contributed by atoms with van der Waals surface area (Å²) in [6.07, 6.45) is 3.39. The van der Waals surface area contributed by atoms with E-state index in [2.05, 4.69) is 26.2 Å². The Balaban J connectivity index is 2.39. The molecule has 1 fully saturated rings. The summed E-state index contributed by atoms with van der Waals surface area (Å²) in [5, 5.41) is 13.0. The molecule has 0 amide bonds. The molecule has 0 aliphatic carbocycles. The average molecular weight is 229 g/mol. The molecule has 2 heterocycles. The first-order valence-corrected chi connectivity index (χ1v) is 4.55. The van der Waals surface area contributed by atoms with Crippen LogP contribution in [0.25, 0.3) is 0 Å². The third-order valence-electron chi connectivity index (χ3n) is 2.11. The van der Waals surface area contributed by atoms with E-state index in [1.54, 1.807) is 12.4 Å². The first-order chi connectivity index (χ1) is 5.72. The quantitative estimate of drug-likeness (QED) is 0.742. The lowest BCUT2D eigenvalue weighted by Crippen LogP contribution is -2.56. The van der Waals surface area contributed by atoms with Gasteiger partial charge < -0.3 is 10.4 Å². The lowest BCUT2D eigenvalue weighted by Gasteiger charge is -2.38. The highest BCUT2D eigenvalue weighted by atomic mass is 79.9. The monoisotopic (exact) mass is 228 g/mol. The van der Waals surface area contributed by atoms with E-state index < -0.39 is 5.60 Å². The highest BCUT2D eigenvalue weighted by molar-refractivity contribution is 9.10. The summed E-state index contributed by atoms with van der Waals surface area (Å²) >= 11 is 3.36. The van der Waals surface area contributed by atoms with Crippen LogP contribution >= 0.6 is 15.9 Å². The molecule has 0 unspecified atom stereocenters. The number of nitrogens with one attached hydrogen (secondary N) is 1. The van der Waals surface area contributed by atoms with Crippen molar-refractivity contribution in [3.63, 3.8) is 0 Å². The average Bonchev–Trinajstić information content (AvgIpc) is 2.01. The number of hydrogen-bond donors (Lipinski definition) is 2. The van der Waals surface area contributed by atoms with Crippen LogP contribution in [0.15, 0.2) is 22.9 Å². The van der Waals surface area contributed by atoms with Crippen LogP contribution in [0.1, 0.15) is 5.56 Å². The van der Waals surface area contributed by atoms with Gasteiger partial charge in [-0.15, -0.1) is 0 Å². The number of aromatic nitrogens is 1. The molecule has 4 heteroatoms. The summed E-state index contributed by atoms with van der Waals surface area (Å²) in [6.45, 7) is 1.24. The van der Waals surface area contributed by atoms with Crippen molar-refractivity contribution in [2.45, 2.75) is 5.60 Å². The van der Waals surface area contributed by atoms with Gasteiger partial charge in [0.15, 0.2) is 0 Å². The lowest BCUT2D eigenvalue weighted by atomic mass is 9.89. The minimum absolute atomic E-state index is 0.621. The zero-order chi connectivity index (χ0) is 8.60. The van der Waals surface area contributed by atoms with E-state index in [9.17, 15) is 5.11 Å². The van der Waals surface area contributed by atoms with Gasteiger partial charge in [-0.1, -0.05) is 0 Å². The van der Waals surface area contributed by atoms with E-state index in [1.807, 2.05) is 6.07 Å². The Labute approximate surface area is 79.0 Å². The molecule has 0 radical (unpaired) electrons. The molecule has 1 aliphatic rings. The van der Waals surface area contributed by atoms with E-state index >= 15 is 0 Å². The van der Waals surface area contributed by atoms with Crippen molar-refractivity contribution < 1.29 is 5.11 Å². The second-order valence-electron chi connectivity index (χ2n) is 2.99. The van der Waals surface area contributed by atoms with Crippen molar-refractivity contribution in [2.24, 2.45) is 0 Å². The zero-order valence-corrected chi connectivity index (χ0v) is 8.00. The zero-order valence-electron chi connectivity index (χ0n) is 6.42. The fraction of sp³-hybridized carbons (Fsp3) is 0.375. The maximum Gasteiger partial charge on any atom is 0.116 e. The molecule has 1 aromatic heterocycles. The molecular formula is C8H9BrN2O. The van der Waals surface area contributed by atoms with Crippen LogP contribution in [-0.4, -0.2) is 23.2 Å².